The van der Waals surface area contributed by atoms with Gasteiger partial charge in [-0.05, 0) is 12.8 Å². The lowest BCUT2D eigenvalue weighted by atomic mass is 10.1. The number of aliphatic carboxylic acids is 3. The summed E-state index contributed by atoms with van der Waals surface area (Å²) in [4.78, 5) is 28.7. The lowest BCUT2D eigenvalue weighted by Gasteiger charge is -1.97. The highest BCUT2D eigenvalue weighted by Crippen LogP contribution is 2.06. The second-order valence-corrected chi connectivity index (χ2v) is 4.57. The molecule has 0 aromatic heterocycles. The minimum absolute atomic E-state index is 0.292. The van der Waals surface area contributed by atoms with Gasteiger partial charge in [0, 0.05) is 19.8 Å². The largest absolute Gasteiger partial charge is 0.481 e. The summed E-state index contributed by atoms with van der Waals surface area (Å²) in [6.07, 6.45) is 8.27. The van der Waals surface area contributed by atoms with E-state index >= 15 is 0 Å². The first-order valence-electron chi connectivity index (χ1n) is 7.40. The van der Waals surface area contributed by atoms with E-state index in [-0.39, 0.29) is 0 Å². The summed E-state index contributed by atoms with van der Waals surface area (Å²) < 4.78 is 0. The van der Waals surface area contributed by atoms with Crippen molar-refractivity contribution in [2.45, 2.75) is 78.6 Å². The van der Waals surface area contributed by atoms with Crippen molar-refractivity contribution in [3.05, 3.63) is 0 Å². The Bertz CT molecular complexity index is 259. The van der Waals surface area contributed by atoms with Gasteiger partial charge in [-0.25, -0.2) is 0 Å². The Morgan fingerprint density at radius 3 is 1.33 bits per heavy atom. The summed E-state index contributed by atoms with van der Waals surface area (Å²) >= 11 is 0. The van der Waals surface area contributed by atoms with Gasteiger partial charge < -0.3 is 15.3 Å². The fourth-order valence-corrected chi connectivity index (χ4v) is 1.27. The molecule has 0 fully saturated rings. The standard InChI is InChI=1S/C9H18O2.C4H8O2.C2H4O2/c1-2-3-4-5-6-7-8-9(10)11;1-2-3-4(5)6;1-2(3)4/h2-8H2,1H3,(H,10,11);2-3H2,1H3,(H,5,6);1H3,(H,3,4). The fraction of sp³-hybridized carbons (Fsp3) is 0.800. The third kappa shape index (κ3) is 56.0. The predicted molar refractivity (Wildman–Crippen MR) is 81.5 cm³/mol. The number of unbranched alkanes of at least 4 members (excludes halogenated alkanes) is 5. The highest BCUT2D eigenvalue weighted by Gasteiger charge is 1.95. The molecule has 0 aliphatic rings. The van der Waals surface area contributed by atoms with Gasteiger partial charge in [0.1, 0.15) is 0 Å². The van der Waals surface area contributed by atoms with E-state index in [2.05, 4.69) is 6.92 Å². The van der Waals surface area contributed by atoms with E-state index in [1.807, 2.05) is 6.92 Å². The average Bonchev–Trinajstić information content (AvgIpc) is 2.33. The number of hydrogen-bond donors (Lipinski definition) is 3. The zero-order valence-corrected chi connectivity index (χ0v) is 13.4. The van der Waals surface area contributed by atoms with Crippen LogP contribution in [0.4, 0.5) is 0 Å². The van der Waals surface area contributed by atoms with Gasteiger partial charge in [0.15, 0.2) is 0 Å². The Balaban J connectivity index is -0.000000272. The Morgan fingerprint density at radius 2 is 1.05 bits per heavy atom. The van der Waals surface area contributed by atoms with Gasteiger partial charge in [0.2, 0.25) is 0 Å². The lowest BCUT2D eigenvalue weighted by molar-refractivity contribution is -0.138. The van der Waals surface area contributed by atoms with Gasteiger partial charge in [0.25, 0.3) is 5.97 Å². The molecule has 0 aliphatic heterocycles. The van der Waals surface area contributed by atoms with E-state index in [0.29, 0.717) is 12.8 Å². The third-order valence-electron chi connectivity index (χ3n) is 2.21. The van der Waals surface area contributed by atoms with E-state index in [1.165, 1.54) is 25.7 Å². The summed E-state index contributed by atoms with van der Waals surface area (Å²) in [7, 11) is 0. The fourth-order valence-electron chi connectivity index (χ4n) is 1.27. The third-order valence-corrected chi connectivity index (χ3v) is 2.21. The Hall–Kier alpha value is -1.59. The summed E-state index contributed by atoms with van der Waals surface area (Å²) in [6.45, 7) is 5.10. The van der Waals surface area contributed by atoms with Crippen molar-refractivity contribution in [2.24, 2.45) is 0 Å². The summed E-state index contributed by atoms with van der Waals surface area (Å²) in [5, 5.41) is 23.6. The van der Waals surface area contributed by atoms with Gasteiger partial charge in [-0.15, -0.1) is 0 Å². The first-order valence-corrected chi connectivity index (χ1v) is 7.40. The molecule has 0 aromatic rings. The smallest absolute Gasteiger partial charge is 0.303 e. The second-order valence-electron chi connectivity index (χ2n) is 4.57. The molecule has 0 atom stereocenters. The van der Waals surface area contributed by atoms with E-state index < -0.39 is 17.9 Å². The molecule has 21 heavy (non-hydrogen) atoms. The van der Waals surface area contributed by atoms with Crippen LogP contribution in [0.1, 0.15) is 78.6 Å². The molecular weight excluding hydrogens is 276 g/mol. The molecule has 0 saturated carbocycles. The topological polar surface area (TPSA) is 112 Å². The lowest BCUT2D eigenvalue weighted by Crippen LogP contribution is -1.93. The van der Waals surface area contributed by atoms with Gasteiger partial charge >= 0.3 is 11.9 Å². The molecule has 0 saturated heterocycles. The maximum absolute atomic E-state index is 10.1. The minimum Gasteiger partial charge on any atom is -0.481 e. The molecule has 0 unspecified atom stereocenters. The SMILES string of the molecule is CC(=O)O.CCCC(=O)O.CCCCCCCCC(=O)O. The van der Waals surface area contributed by atoms with Crippen molar-refractivity contribution in [3.8, 4) is 0 Å². The van der Waals surface area contributed by atoms with Crippen LogP contribution in [0.2, 0.25) is 0 Å². The van der Waals surface area contributed by atoms with E-state index in [9.17, 15) is 9.59 Å². The van der Waals surface area contributed by atoms with Crippen molar-refractivity contribution in [3.63, 3.8) is 0 Å². The Morgan fingerprint density at radius 1 is 0.667 bits per heavy atom. The van der Waals surface area contributed by atoms with Gasteiger partial charge in [-0.3, -0.25) is 14.4 Å². The van der Waals surface area contributed by atoms with Crippen LogP contribution < -0.4 is 0 Å². The average molecular weight is 306 g/mol. The van der Waals surface area contributed by atoms with Crippen LogP contribution in [0.3, 0.4) is 0 Å². The summed E-state index contributed by atoms with van der Waals surface area (Å²) in [5.41, 5.74) is 0. The van der Waals surface area contributed by atoms with Crippen molar-refractivity contribution >= 4 is 17.9 Å². The second kappa shape index (κ2) is 20.7. The highest BCUT2D eigenvalue weighted by atomic mass is 16.4. The van der Waals surface area contributed by atoms with Crippen molar-refractivity contribution in [2.75, 3.05) is 0 Å². The molecular formula is C15H30O6. The predicted octanol–water partition coefficient (Wildman–Crippen LogP) is 3.78. The summed E-state index contributed by atoms with van der Waals surface area (Å²) in [5.74, 6) is -2.21. The maximum Gasteiger partial charge on any atom is 0.303 e. The normalized spacial score (nSPS) is 8.71. The zero-order chi connectivity index (χ0) is 17.1. The number of carbonyl (C=O) groups is 3. The van der Waals surface area contributed by atoms with Crippen LogP contribution in [0.25, 0.3) is 0 Å². The monoisotopic (exact) mass is 306 g/mol. The molecule has 126 valence electrons. The van der Waals surface area contributed by atoms with E-state index in [0.717, 1.165) is 26.2 Å². The van der Waals surface area contributed by atoms with Crippen LogP contribution in [0, 0.1) is 0 Å². The summed E-state index contributed by atoms with van der Waals surface area (Å²) in [6, 6.07) is 0. The molecule has 3 N–H and O–H groups in total. The molecule has 0 aromatic carbocycles. The van der Waals surface area contributed by atoms with E-state index in [1.54, 1.807) is 0 Å². The van der Waals surface area contributed by atoms with Crippen LogP contribution in [0.5, 0.6) is 0 Å². The molecule has 6 nitrogen and oxygen atoms in total. The van der Waals surface area contributed by atoms with Gasteiger partial charge in [-0.2, -0.15) is 0 Å². The first kappa shape index (κ1) is 24.4. The molecule has 0 heterocycles. The number of carboxylic acids is 3. The molecule has 0 spiro atoms. The van der Waals surface area contributed by atoms with Crippen LogP contribution in [-0.4, -0.2) is 33.2 Å². The van der Waals surface area contributed by atoms with Gasteiger partial charge in [-0.1, -0.05) is 46.0 Å². The molecule has 0 bridgehead atoms. The first-order chi connectivity index (χ1) is 9.77. The van der Waals surface area contributed by atoms with Gasteiger partial charge in [0.05, 0.1) is 0 Å². The van der Waals surface area contributed by atoms with Crippen molar-refractivity contribution < 1.29 is 29.7 Å². The van der Waals surface area contributed by atoms with Crippen molar-refractivity contribution in [1.82, 2.24) is 0 Å². The molecule has 0 amide bonds. The zero-order valence-electron chi connectivity index (χ0n) is 13.4. The highest BCUT2D eigenvalue weighted by molar-refractivity contribution is 5.66. The number of hydrogen-bond acceptors (Lipinski definition) is 3. The molecule has 0 rings (SSSR count). The minimum atomic E-state index is -0.833. The number of rotatable bonds is 9. The van der Waals surface area contributed by atoms with Crippen LogP contribution >= 0.6 is 0 Å². The Kier molecular flexibility index (Phi) is 24.1. The number of carboxylic acid groups (broad SMARTS) is 3. The maximum atomic E-state index is 10.1. The van der Waals surface area contributed by atoms with Crippen molar-refractivity contribution in [1.29, 1.82) is 0 Å². The molecule has 0 radical (unpaired) electrons. The molecule has 6 heteroatoms. The Labute approximate surface area is 127 Å². The van der Waals surface area contributed by atoms with E-state index in [4.69, 9.17) is 20.1 Å². The van der Waals surface area contributed by atoms with Crippen LogP contribution in [-0.2, 0) is 14.4 Å². The molecule has 0 aliphatic carbocycles. The van der Waals surface area contributed by atoms with Crippen LogP contribution in [0.15, 0.2) is 0 Å². The quantitative estimate of drug-likeness (QED) is 0.559.